The zero-order valence-corrected chi connectivity index (χ0v) is 7.38. The van der Waals surface area contributed by atoms with E-state index < -0.39 is 0 Å². The van der Waals surface area contributed by atoms with Crippen molar-refractivity contribution >= 4 is 6.21 Å². The molecular formula is C10H14N2. The molecule has 0 atom stereocenters. The average molecular weight is 162 g/mol. The third-order valence-corrected chi connectivity index (χ3v) is 1.72. The van der Waals surface area contributed by atoms with Crippen LogP contribution in [0.2, 0.25) is 0 Å². The fourth-order valence-electron chi connectivity index (χ4n) is 1.15. The van der Waals surface area contributed by atoms with Crippen LogP contribution in [0.3, 0.4) is 0 Å². The summed E-state index contributed by atoms with van der Waals surface area (Å²) >= 11 is 0. The summed E-state index contributed by atoms with van der Waals surface area (Å²) in [5.74, 6) is 0. The van der Waals surface area contributed by atoms with Crippen LogP contribution in [-0.4, -0.2) is 13.3 Å². The molecule has 1 rings (SSSR count). The molecule has 0 fully saturated rings. The Hall–Kier alpha value is -1.31. The van der Waals surface area contributed by atoms with Gasteiger partial charge < -0.3 is 5.32 Å². The topological polar surface area (TPSA) is 24.4 Å². The van der Waals surface area contributed by atoms with Gasteiger partial charge in [-0.05, 0) is 12.8 Å². The number of hydrogen-bond donors (Lipinski definition) is 1. The Morgan fingerprint density at radius 3 is 2.92 bits per heavy atom. The second-order valence-corrected chi connectivity index (χ2v) is 2.55. The number of aliphatic imine (C=N–C) groups is 1. The number of nitrogens with one attached hydrogen (secondary N) is 1. The second kappa shape index (κ2) is 4.54. The molecule has 0 aliphatic heterocycles. The van der Waals surface area contributed by atoms with E-state index in [0.29, 0.717) is 0 Å². The highest BCUT2D eigenvalue weighted by atomic mass is 14.9. The third kappa shape index (κ3) is 2.09. The normalized spacial score (nSPS) is 17.1. The lowest BCUT2D eigenvalue weighted by Crippen LogP contribution is -2.09. The first-order valence-corrected chi connectivity index (χ1v) is 4.12. The minimum Gasteiger partial charge on any atom is -0.387 e. The SMILES string of the molecule is C=CC=NC1=CCCC=C1NC. The molecule has 2 heteroatoms. The zero-order chi connectivity index (χ0) is 8.81. The highest BCUT2D eigenvalue weighted by Crippen LogP contribution is 2.16. The summed E-state index contributed by atoms with van der Waals surface area (Å²) < 4.78 is 0. The number of likely N-dealkylation sites (N-methyl/N-ethyl adjacent to an activating group) is 1. The zero-order valence-electron chi connectivity index (χ0n) is 7.38. The first kappa shape index (κ1) is 8.78. The first-order valence-electron chi connectivity index (χ1n) is 4.12. The molecule has 0 heterocycles. The van der Waals surface area contributed by atoms with Crippen LogP contribution in [0.4, 0.5) is 0 Å². The Kier molecular flexibility index (Phi) is 3.33. The first-order chi connectivity index (χ1) is 5.88. The van der Waals surface area contributed by atoms with E-state index in [1.54, 1.807) is 12.3 Å². The molecule has 0 aromatic heterocycles. The largest absolute Gasteiger partial charge is 0.387 e. The van der Waals surface area contributed by atoms with E-state index in [4.69, 9.17) is 0 Å². The molecular weight excluding hydrogens is 148 g/mol. The Labute approximate surface area is 73.4 Å². The smallest absolute Gasteiger partial charge is 0.0817 e. The lowest BCUT2D eigenvalue weighted by Gasteiger charge is -2.11. The molecule has 1 aliphatic rings. The molecule has 2 nitrogen and oxygen atoms in total. The lowest BCUT2D eigenvalue weighted by molar-refractivity contribution is 0.902. The number of nitrogens with zero attached hydrogens (tertiary/aromatic N) is 1. The lowest BCUT2D eigenvalue weighted by atomic mass is 10.1. The highest BCUT2D eigenvalue weighted by Gasteiger charge is 2.03. The molecule has 0 aromatic rings. The summed E-state index contributed by atoms with van der Waals surface area (Å²) in [5.41, 5.74) is 2.13. The fourth-order valence-corrected chi connectivity index (χ4v) is 1.15. The van der Waals surface area contributed by atoms with Crippen LogP contribution in [-0.2, 0) is 0 Å². The molecule has 0 saturated heterocycles. The Balaban J connectivity index is 2.73. The van der Waals surface area contributed by atoms with Crippen LogP contribution in [0, 0.1) is 0 Å². The van der Waals surface area contributed by atoms with Gasteiger partial charge in [-0.1, -0.05) is 24.8 Å². The Bertz CT molecular complexity index is 247. The van der Waals surface area contributed by atoms with Gasteiger partial charge in [0.25, 0.3) is 0 Å². The Morgan fingerprint density at radius 1 is 1.50 bits per heavy atom. The van der Waals surface area contributed by atoms with Crippen LogP contribution >= 0.6 is 0 Å². The van der Waals surface area contributed by atoms with Gasteiger partial charge in [-0.15, -0.1) is 0 Å². The van der Waals surface area contributed by atoms with Crippen molar-refractivity contribution in [3.05, 3.63) is 36.2 Å². The molecule has 0 aromatic carbocycles. The summed E-state index contributed by atoms with van der Waals surface area (Å²) in [4.78, 5) is 4.24. The summed E-state index contributed by atoms with van der Waals surface area (Å²) in [6.45, 7) is 3.58. The summed E-state index contributed by atoms with van der Waals surface area (Å²) in [6.07, 6.45) is 9.87. The summed E-state index contributed by atoms with van der Waals surface area (Å²) in [5, 5.41) is 3.11. The van der Waals surface area contributed by atoms with E-state index in [1.807, 2.05) is 7.05 Å². The predicted octanol–water partition coefficient (Wildman–Crippen LogP) is 2.02. The minimum atomic E-state index is 1.02. The monoisotopic (exact) mass is 162 g/mol. The van der Waals surface area contributed by atoms with Crippen LogP contribution in [0.5, 0.6) is 0 Å². The van der Waals surface area contributed by atoms with Crippen LogP contribution in [0.15, 0.2) is 41.2 Å². The number of rotatable bonds is 3. The summed E-state index contributed by atoms with van der Waals surface area (Å²) in [7, 11) is 1.91. The van der Waals surface area contributed by atoms with Crippen molar-refractivity contribution in [2.75, 3.05) is 7.05 Å². The molecule has 1 N–H and O–H groups in total. The molecule has 0 radical (unpaired) electrons. The van der Waals surface area contributed by atoms with Gasteiger partial charge in [-0.25, -0.2) is 0 Å². The third-order valence-electron chi connectivity index (χ3n) is 1.72. The molecule has 0 spiro atoms. The van der Waals surface area contributed by atoms with Crippen molar-refractivity contribution in [1.82, 2.24) is 5.32 Å². The fraction of sp³-hybridized carbons (Fsp3) is 0.300. The van der Waals surface area contributed by atoms with Crippen molar-refractivity contribution < 1.29 is 0 Å². The van der Waals surface area contributed by atoms with Crippen molar-refractivity contribution in [2.24, 2.45) is 4.99 Å². The minimum absolute atomic E-state index is 1.02. The average Bonchev–Trinajstić information content (AvgIpc) is 2.15. The predicted molar refractivity (Wildman–Crippen MR) is 53.1 cm³/mol. The van der Waals surface area contributed by atoms with Crippen LogP contribution < -0.4 is 5.32 Å². The molecule has 12 heavy (non-hydrogen) atoms. The van der Waals surface area contributed by atoms with Crippen LogP contribution in [0.1, 0.15) is 12.8 Å². The van der Waals surface area contributed by atoms with Gasteiger partial charge in [0.05, 0.1) is 11.4 Å². The maximum absolute atomic E-state index is 4.24. The standard InChI is InChI=1S/C10H14N2/c1-3-8-12-10-7-5-4-6-9(10)11-2/h3,6-8,11H,1,4-5H2,2H3. The van der Waals surface area contributed by atoms with Gasteiger partial charge >= 0.3 is 0 Å². The van der Waals surface area contributed by atoms with E-state index in [0.717, 1.165) is 24.2 Å². The van der Waals surface area contributed by atoms with Crippen molar-refractivity contribution in [2.45, 2.75) is 12.8 Å². The summed E-state index contributed by atoms with van der Waals surface area (Å²) in [6, 6.07) is 0. The van der Waals surface area contributed by atoms with Gasteiger partial charge in [0.15, 0.2) is 0 Å². The molecule has 0 bridgehead atoms. The molecule has 0 amide bonds. The van der Waals surface area contributed by atoms with Crippen molar-refractivity contribution in [3.8, 4) is 0 Å². The molecule has 0 unspecified atom stereocenters. The van der Waals surface area contributed by atoms with E-state index in [-0.39, 0.29) is 0 Å². The highest BCUT2D eigenvalue weighted by molar-refractivity contribution is 5.72. The van der Waals surface area contributed by atoms with E-state index >= 15 is 0 Å². The van der Waals surface area contributed by atoms with Crippen molar-refractivity contribution in [1.29, 1.82) is 0 Å². The van der Waals surface area contributed by atoms with Gasteiger partial charge in [0, 0.05) is 13.3 Å². The molecule has 0 saturated carbocycles. The maximum Gasteiger partial charge on any atom is 0.0817 e. The number of hydrogen-bond acceptors (Lipinski definition) is 2. The van der Waals surface area contributed by atoms with Gasteiger partial charge in [0.2, 0.25) is 0 Å². The van der Waals surface area contributed by atoms with Gasteiger partial charge in [0.1, 0.15) is 0 Å². The Morgan fingerprint density at radius 2 is 2.25 bits per heavy atom. The molecule has 64 valence electrons. The van der Waals surface area contributed by atoms with E-state index in [9.17, 15) is 0 Å². The van der Waals surface area contributed by atoms with E-state index in [1.165, 1.54) is 0 Å². The van der Waals surface area contributed by atoms with Crippen molar-refractivity contribution in [3.63, 3.8) is 0 Å². The maximum atomic E-state index is 4.24. The second-order valence-electron chi connectivity index (χ2n) is 2.55. The molecule has 1 aliphatic carbocycles. The van der Waals surface area contributed by atoms with Gasteiger partial charge in [-0.2, -0.15) is 0 Å². The van der Waals surface area contributed by atoms with Crippen LogP contribution in [0.25, 0.3) is 0 Å². The van der Waals surface area contributed by atoms with E-state index in [2.05, 4.69) is 29.0 Å². The van der Waals surface area contributed by atoms with Gasteiger partial charge in [-0.3, -0.25) is 4.99 Å². The quantitative estimate of drug-likeness (QED) is 0.631. The number of allylic oxidation sites excluding steroid dienone is 3.